The maximum Gasteiger partial charge on any atom is 0.253 e. The van der Waals surface area contributed by atoms with Gasteiger partial charge in [-0.05, 0) is 30.4 Å². The standard InChI is InChI=1S/C14H18N2O/c15-12-7-3-6-10-11(9-4-1-2-5-9)8-16-14(17)13(10)12/h3,6-7,9,11H,1-2,4-5,8,15H2,(H,16,17). The molecule has 1 heterocycles. The second-order valence-electron chi connectivity index (χ2n) is 5.17. The fraction of sp³-hybridized carbons (Fsp3) is 0.500. The van der Waals surface area contributed by atoms with Crippen LogP contribution in [-0.4, -0.2) is 12.5 Å². The maximum absolute atomic E-state index is 11.9. The highest BCUT2D eigenvalue weighted by Gasteiger charge is 2.33. The molecule has 1 atom stereocenters. The summed E-state index contributed by atoms with van der Waals surface area (Å²) in [6, 6.07) is 5.86. The topological polar surface area (TPSA) is 55.1 Å². The lowest BCUT2D eigenvalue weighted by molar-refractivity contribution is 0.0935. The van der Waals surface area contributed by atoms with E-state index in [0.29, 0.717) is 11.6 Å². The smallest absolute Gasteiger partial charge is 0.253 e. The van der Waals surface area contributed by atoms with Crippen LogP contribution in [0.2, 0.25) is 0 Å². The van der Waals surface area contributed by atoms with Gasteiger partial charge in [-0.1, -0.05) is 25.0 Å². The van der Waals surface area contributed by atoms with E-state index in [0.717, 1.165) is 18.0 Å². The van der Waals surface area contributed by atoms with Crippen molar-refractivity contribution >= 4 is 11.6 Å². The molecule has 3 N–H and O–H groups in total. The highest BCUT2D eigenvalue weighted by molar-refractivity contribution is 6.01. The van der Waals surface area contributed by atoms with Crippen molar-refractivity contribution < 1.29 is 4.79 Å². The van der Waals surface area contributed by atoms with Crippen molar-refractivity contribution in [3.8, 4) is 0 Å². The fourth-order valence-electron chi connectivity index (χ4n) is 3.34. The molecular weight excluding hydrogens is 212 g/mol. The second-order valence-corrected chi connectivity index (χ2v) is 5.17. The van der Waals surface area contributed by atoms with E-state index in [1.807, 2.05) is 12.1 Å². The minimum absolute atomic E-state index is 0.00709. The molecule has 3 heteroatoms. The van der Waals surface area contributed by atoms with Gasteiger partial charge < -0.3 is 11.1 Å². The van der Waals surface area contributed by atoms with Gasteiger partial charge in [0.1, 0.15) is 0 Å². The minimum atomic E-state index is -0.00709. The molecule has 0 spiro atoms. The highest BCUT2D eigenvalue weighted by atomic mass is 16.1. The molecule has 0 saturated heterocycles. The molecule has 1 aromatic carbocycles. The molecule has 1 saturated carbocycles. The van der Waals surface area contributed by atoms with Crippen LogP contribution in [0.25, 0.3) is 0 Å². The van der Waals surface area contributed by atoms with Gasteiger partial charge in [-0.3, -0.25) is 4.79 Å². The van der Waals surface area contributed by atoms with E-state index in [1.165, 1.54) is 31.2 Å². The largest absolute Gasteiger partial charge is 0.398 e. The first-order chi connectivity index (χ1) is 8.27. The average molecular weight is 230 g/mol. The number of rotatable bonds is 1. The number of nitrogens with two attached hydrogens (primary N) is 1. The number of hydrogen-bond donors (Lipinski definition) is 2. The van der Waals surface area contributed by atoms with Gasteiger partial charge in [-0.25, -0.2) is 0 Å². The van der Waals surface area contributed by atoms with Crippen molar-refractivity contribution in [3.63, 3.8) is 0 Å². The quantitative estimate of drug-likeness (QED) is 0.727. The number of carbonyl (C=O) groups excluding carboxylic acids is 1. The summed E-state index contributed by atoms with van der Waals surface area (Å²) in [7, 11) is 0. The van der Waals surface area contributed by atoms with Crippen molar-refractivity contribution in [2.24, 2.45) is 5.92 Å². The molecule has 17 heavy (non-hydrogen) atoms. The van der Waals surface area contributed by atoms with Crippen LogP contribution in [0.5, 0.6) is 0 Å². The van der Waals surface area contributed by atoms with E-state index in [-0.39, 0.29) is 5.91 Å². The van der Waals surface area contributed by atoms with E-state index < -0.39 is 0 Å². The van der Waals surface area contributed by atoms with Crippen molar-refractivity contribution in [2.75, 3.05) is 12.3 Å². The van der Waals surface area contributed by atoms with Gasteiger partial charge in [0.2, 0.25) is 0 Å². The molecule has 1 aliphatic carbocycles. The first-order valence-corrected chi connectivity index (χ1v) is 6.44. The van der Waals surface area contributed by atoms with Crippen LogP contribution < -0.4 is 11.1 Å². The summed E-state index contributed by atoms with van der Waals surface area (Å²) in [6.07, 6.45) is 5.23. The number of nitrogen functional groups attached to an aromatic ring is 1. The Morgan fingerprint density at radius 3 is 2.76 bits per heavy atom. The van der Waals surface area contributed by atoms with Crippen LogP contribution in [0.4, 0.5) is 5.69 Å². The molecule has 0 bridgehead atoms. The summed E-state index contributed by atoms with van der Waals surface area (Å²) in [4.78, 5) is 11.9. The normalized spacial score (nSPS) is 24.5. The third-order valence-electron chi connectivity index (χ3n) is 4.21. The maximum atomic E-state index is 11.9. The number of fused-ring (bicyclic) bond motifs is 1. The Morgan fingerprint density at radius 2 is 2.00 bits per heavy atom. The van der Waals surface area contributed by atoms with Crippen LogP contribution >= 0.6 is 0 Å². The summed E-state index contributed by atoms with van der Waals surface area (Å²) in [6.45, 7) is 0.778. The number of amides is 1. The second kappa shape index (κ2) is 4.06. The number of benzene rings is 1. The van der Waals surface area contributed by atoms with Gasteiger partial charge in [-0.15, -0.1) is 0 Å². The van der Waals surface area contributed by atoms with Crippen molar-refractivity contribution in [2.45, 2.75) is 31.6 Å². The van der Waals surface area contributed by atoms with Crippen molar-refractivity contribution in [1.29, 1.82) is 0 Å². The first kappa shape index (κ1) is 10.6. The number of carbonyl (C=O) groups is 1. The Bertz CT molecular complexity index is 450. The summed E-state index contributed by atoms with van der Waals surface area (Å²) in [5, 5.41) is 2.99. The van der Waals surface area contributed by atoms with Gasteiger partial charge in [0, 0.05) is 18.2 Å². The van der Waals surface area contributed by atoms with Crippen LogP contribution in [0.15, 0.2) is 18.2 Å². The molecule has 1 aromatic rings. The van der Waals surface area contributed by atoms with E-state index in [4.69, 9.17) is 5.73 Å². The average Bonchev–Trinajstić information content (AvgIpc) is 2.83. The Morgan fingerprint density at radius 1 is 1.24 bits per heavy atom. The predicted octanol–water partition coefficient (Wildman–Crippen LogP) is 2.29. The van der Waals surface area contributed by atoms with E-state index in [1.54, 1.807) is 0 Å². The van der Waals surface area contributed by atoms with E-state index in [9.17, 15) is 4.79 Å². The SMILES string of the molecule is Nc1cccc2c1C(=O)NCC2C1CCCC1. The third-order valence-corrected chi connectivity index (χ3v) is 4.21. The zero-order valence-corrected chi connectivity index (χ0v) is 9.91. The molecule has 90 valence electrons. The molecule has 1 unspecified atom stereocenters. The van der Waals surface area contributed by atoms with Crippen molar-refractivity contribution in [3.05, 3.63) is 29.3 Å². The lowest BCUT2D eigenvalue weighted by Crippen LogP contribution is -2.38. The Hall–Kier alpha value is -1.51. The van der Waals surface area contributed by atoms with Crippen LogP contribution in [-0.2, 0) is 0 Å². The Kier molecular flexibility index (Phi) is 2.54. The number of hydrogen-bond acceptors (Lipinski definition) is 2. The van der Waals surface area contributed by atoms with Crippen LogP contribution in [0.3, 0.4) is 0 Å². The summed E-state index contributed by atoms with van der Waals surface area (Å²) in [5.74, 6) is 1.18. The van der Waals surface area contributed by atoms with Crippen LogP contribution in [0, 0.1) is 5.92 Å². The summed E-state index contributed by atoms with van der Waals surface area (Å²) in [5.41, 5.74) is 8.43. The first-order valence-electron chi connectivity index (χ1n) is 6.44. The number of nitrogens with one attached hydrogen (secondary N) is 1. The van der Waals surface area contributed by atoms with Crippen LogP contribution in [0.1, 0.15) is 47.5 Å². The molecule has 0 radical (unpaired) electrons. The highest BCUT2D eigenvalue weighted by Crippen LogP contribution is 2.40. The van der Waals surface area contributed by atoms with Crippen molar-refractivity contribution in [1.82, 2.24) is 5.32 Å². The molecule has 1 aliphatic heterocycles. The molecule has 3 rings (SSSR count). The zero-order chi connectivity index (χ0) is 11.8. The molecule has 3 nitrogen and oxygen atoms in total. The molecule has 1 fully saturated rings. The fourth-order valence-corrected chi connectivity index (χ4v) is 3.34. The predicted molar refractivity (Wildman–Crippen MR) is 67.9 cm³/mol. The molecule has 2 aliphatic rings. The van der Waals surface area contributed by atoms with Gasteiger partial charge >= 0.3 is 0 Å². The molecule has 1 amide bonds. The van der Waals surface area contributed by atoms with Gasteiger partial charge in [0.25, 0.3) is 5.91 Å². The Labute approximate surface area is 101 Å². The van der Waals surface area contributed by atoms with Gasteiger partial charge in [-0.2, -0.15) is 0 Å². The lowest BCUT2D eigenvalue weighted by Gasteiger charge is -2.30. The monoisotopic (exact) mass is 230 g/mol. The Balaban J connectivity index is 2.02. The lowest BCUT2D eigenvalue weighted by atomic mass is 9.80. The molecular formula is C14H18N2O. The summed E-state index contributed by atoms with van der Waals surface area (Å²) >= 11 is 0. The van der Waals surface area contributed by atoms with E-state index >= 15 is 0 Å². The molecule has 0 aromatic heterocycles. The minimum Gasteiger partial charge on any atom is -0.398 e. The van der Waals surface area contributed by atoms with Gasteiger partial charge in [0.05, 0.1) is 5.56 Å². The summed E-state index contributed by atoms with van der Waals surface area (Å²) < 4.78 is 0. The zero-order valence-electron chi connectivity index (χ0n) is 9.91. The van der Waals surface area contributed by atoms with Gasteiger partial charge in [0.15, 0.2) is 0 Å². The van der Waals surface area contributed by atoms with E-state index in [2.05, 4.69) is 11.4 Å². The third kappa shape index (κ3) is 1.70. The number of anilines is 1.